The van der Waals surface area contributed by atoms with Crippen LogP contribution in [0.1, 0.15) is 128 Å². The summed E-state index contributed by atoms with van der Waals surface area (Å²) in [7, 11) is 0. The molecule has 20 heteroatoms. The molecular weight excluding hydrogens is 756 g/mol. The number of amides is 6. The molecule has 0 aromatic heterocycles. The Bertz CT molecular complexity index is 1150. The van der Waals surface area contributed by atoms with E-state index in [0.717, 1.165) is 12.8 Å². The molecule has 0 bridgehead atoms. The van der Waals surface area contributed by atoms with Crippen LogP contribution in [0.2, 0.25) is 0 Å². The van der Waals surface area contributed by atoms with Crippen molar-refractivity contribution in [3.63, 3.8) is 0 Å². The fraction of sp³-hybridized carbons (Fsp3) is 0.789. The van der Waals surface area contributed by atoms with E-state index in [9.17, 15) is 38.4 Å². The molecule has 0 aromatic rings. The van der Waals surface area contributed by atoms with Crippen LogP contribution >= 0.6 is 0 Å². The summed E-state index contributed by atoms with van der Waals surface area (Å²) in [5.41, 5.74) is 22.4. The fourth-order valence-corrected chi connectivity index (χ4v) is 5.84. The third-order valence-corrected chi connectivity index (χ3v) is 9.19. The van der Waals surface area contributed by atoms with Gasteiger partial charge in [-0.2, -0.15) is 0 Å². The van der Waals surface area contributed by atoms with Gasteiger partial charge in [-0.15, -0.1) is 0 Å². The Morgan fingerprint density at radius 3 is 0.931 bits per heavy atom. The minimum absolute atomic E-state index is 0.274. The zero-order valence-electron chi connectivity index (χ0n) is 34.2. The number of carboxylic acid groups (broad SMARTS) is 2. The SMILES string of the molecule is NCCCC[C@H](NC(=O)CCC(=O)O)C(=O)N[C@@H](CCCCN)C(=O)NCCCCCCNC(=O)[C@H](CCCCN)NC(=O)[C@H](CCCCN)NC(=O)CCC(=O)O. The maximum Gasteiger partial charge on any atom is 0.303 e. The normalized spacial score (nSPS) is 13.0. The molecule has 0 unspecified atom stereocenters. The van der Waals surface area contributed by atoms with Crippen LogP contribution in [0.15, 0.2) is 0 Å². The average molecular weight is 829 g/mol. The number of carbonyl (C=O) groups excluding carboxylic acids is 6. The van der Waals surface area contributed by atoms with Gasteiger partial charge in [-0.25, -0.2) is 0 Å². The van der Waals surface area contributed by atoms with Crippen molar-refractivity contribution in [3.8, 4) is 0 Å². The average Bonchev–Trinajstić information content (AvgIpc) is 3.18. The largest absolute Gasteiger partial charge is 0.481 e. The summed E-state index contributed by atoms with van der Waals surface area (Å²) in [6.45, 7) is 2.32. The van der Waals surface area contributed by atoms with E-state index < -0.39 is 59.7 Å². The fourth-order valence-electron chi connectivity index (χ4n) is 5.84. The Morgan fingerprint density at radius 2 is 0.655 bits per heavy atom. The predicted octanol–water partition coefficient (Wildman–Crippen LogP) is -1.04. The Labute approximate surface area is 342 Å². The van der Waals surface area contributed by atoms with Gasteiger partial charge in [0.05, 0.1) is 12.8 Å². The minimum Gasteiger partial charge on any atom is -0.481 e. The third kappa shape index (κ3) is 28.1. The summed E-state index contributed by atoms with van der Waals surface area (Å²) >= 11 is 0. The molecule has 16 N–H and O–H groups in total. The van der Waals surface area contributed by atoms with Gasteiger partial charge in [-0.05, 0) is 116 Å². The molecule has 0 aromatic carbocycles. The number of nitrogens with two attached hydrogens (primary N) is 4. The molecule has 58 heavy (non-hydrogen) atoms. The number of rotatable bonds is 37. The van der Waals surface area contributed by atoms with Crippen LogP contribution in [0.4, 0.5) is 0 Å². The Hall–Kier alpha value is -4.40. The number of carbonyl (C=O) groups is 8. The first kappa shape index (κ1) is 53.6. The molecular formula is C38H72N10O10. The van der Waals surface area contributed by atoms with Gasteiger partial charge in [0.15, 0.2) is 0 Å². The first-order chi connectivity index (χ1) is 27.8. The summed E-state index contributed by atoms with van der Waals surface area (Å²) in [6, 6.07) is -3.64. The molecule has 334 valence electrons. The highest BCUT2D eigenvalue weighted by molar-refractivity contribution is 5.93. The third-order valence-electron chi connectivity index (χ3n) is 9.19. The molecule has 0 aliphatic heterocycles. The van der Waals surface area contributed by atoms with Crippen LogP contribution in [0.25, 0.3) is 0 Å². The lowest BCUT2D eigenvalue weighted by Gasteiger charge is -2.23. The van der Waals surface area contributed by atoms with Crippen LogP contribution in [0.5, 0.6) is 0 Å². The van der Waals surface area contributed by atoms with Crippen LogP contribution < -0.4 is 54.8 Å². The Kier molecular flexibility index (Phi) is 32.0. The van der Waals surface area contributed by atoms with Gasteiger partial charge < -0.3 is 65.0 Å². The molecule has 0 spiro atoms. The summed E-state index contributed by atoms with van der Waals surface area (Å²) in [4.78, 5) is 99.2. The first-order valence-electron chi connectivity index (χ1n) is 20.8. The molecule has 0 aliphatic rings. The van der Waals surface area contributed by atoms with Crippen molar-refractivity contribution in [1.29, 1.82) is 0 Å². The standard InChI is InChI=1S/C38H72N10O10/c39-21-7-3-13-27(47-37(57)29(15-5-9-23-41)45-31(49)17-19-33(51)52)35(55)43-25-11-1-2-12-26-44-36(56)28(14-4-8-22-40)48-38(58)30(16-6-10-24-42)46-32(50)18-20-34(53)54/h27-30H,1-26,39-42H2,(H,43,55)(H,44,56)(H,45,49)(H,46,50)(H,47,57)(H,48,58)(H,51,52)(H,53,54)/t27-,28-,29-,30-/m0/s1. The Balaban J connectivity index is 5.10. The lowest BCUT2D eigenvalue weighted by Crippen LogP contribution is -2.54. The lowest BCUT2D eigenvalue weighted by molar-refractivity contribution is -0.139. The Morgan fingerprint density at radius 1 is 0.362 bits per heavy atom. The van der Waals surface area contributed by atoms with Gasteiger partial charge in [-0.1, -0.05) is 12.8 Å². The number of hydrogen-bond acceptors (Lipinski definition) is 12. The van der Waals surface area contributed by atoms with E-state index in [1.807, 2.05) is 0 Å². The van der Waals surface area contributed by atoms with Gasteiger partial charge in [-0.3, -0.25) is 38.4 Å². The number of aliphatic carboxylic acids is 2. The van der Waals surface area contributed by atoms with Crippen molar-refractivity contribution < 1.29 is 48.6 Å². The van der Waals surface area contributed by atoms with Gasteiger partial charge in [0, 0.05) is 25.9 Å². The number of nitrogens with one attached hydrogen (secondary N) is 6. The number of carboxylic acids is 2. The highest BCUT2D eigenvalue weighted by Crippen LogP contribution is 2.09. The maximum atomic E-state index is 13.2. The van der Waals surface area contributed by atoms with E-state index in [4.69, 9.17) is 33.1 Å². The molecule has 0 rings (SSSR count). The summed E-state index contributed by atoms with van der Waals surface area (Å²) in [5.74, 6) is -5.26. The van der Waals surface area contributed by atoms with Crippen molar-refractivity contribution in [2.45, 2.75) is 153 Å². The van der Waals surface area contributed by atoms with Crippen LogP contribution in [0, 0.1) is 0 Å². The van der Waals surface area contributed by atoms with Crippen molar-refractivity contribution in [3.05, 3.63) is 0 Å². The number of unbranched alkanes of at least 4 members (excludes halogenated alkanes) is 7. The smallest absolute Gasteiger partial charge is 0.303 e. The van der Waals surface area contributed by atoms with E-state index in [1.54, 1.807) is 0 Å². The summed E-state index contributed by atoms with van der Waals surface area (Å²) in [6.07, 6.45) is 7.41. The molecule has 0 aliphatic carbocycles. The van der Waals surface area contributed by atoms with Crippen LogP contribution in [-0.4, -0.2) is 121 Å². The second kappa shape index (κ2) is 34.6. The van der Waals surface area contributed by atoms with Gasteiger partial charge >= 0.3 is 11.9 Å². The molecule has 0 saturated carbocycles. The molecule has 6 amide bonds. The van der Waals surface area contributed by atoms with Gasteiger partial charge in [0.25, 0.3) is 0 Å². The molecule has 20 nitrogen and oxygen atoms in total. The maximum absolute atomic E-state index is 13.2. The van der Waals surface area contributed by atoms with Crippen molar-refractivity contribution in [2.24, 2.45) is 22.9 Å². The highest BCUT2D eigenvalue weighted by atomic mass is 16.4. The molecule has 0 fully saturated rings. The predicted molar refractivity (Wildman–Crippen MR) is 218 cm³/mol. The summed E-state index contributed by atoms with van der Waals surface area (Å²) in [5, 5.41) is 34.2. The first-order valence-corrected chi connectivity index (χ1v) is 20.8. The zero-order valence-corrected chi connectivity index (χ0v) is 34.2. The second-order valence-corrected chi connectivity index (χ2v) is 14.3. The highest BCUT2D eigenvalue weighted by Gasteiger charge is 2.28. The van der Waals surface area contributed by atoms with Crippen molar-refractivity contribution >= 4 is 47.4 Å². The van der Waals surface area contributed by atoms with E-state index in [0.29, 0.717) is 116 Å². The molecule has 4 atom stereocenters. The van der Waals surface area contributed by atoms with E-state index >= 15 is 0 Å². The minimum atomic E-state index is -1.13. The van der Waals surface area contributed by atoms with Crippen LogP contribution in [-0.2, 0) is 38.4 Å². The molecule has 0 saturated heterocycles. The van der Waals surface area contributed by atoms with Gasteiger partial charge in [0.2, 0.25) is 35.4 Å². The van der Waals surface area contributed by atoms with Crippen molar-refractivity contribution in [2.75, 3.05) is 39.3 Å². The van der Waals surface area contributed by atoms with E-state index in [1.165, 1.54) is 0 Å². The second-order valence-electron chi connectivity index (χ2n) is 14.3. The molecule has 0 heterocycles. The quantitative estimate of drug-likeness (QED) is 0.0333. The van der Waals surface area contributed by atoms with Gasteiger partial charge in [0.1, 0.15) is 24.2 Å². The summed E-state index contributed by atoms with van der Waals surface area (Å²) < 4.78 is 0. The zero-order chi connectivity index (χ0) is 43.6. The van der Waals surface area contributed by atoms with E-state index in [2.05, 4.69) is 31.9 Å². The monoisotopic (exact) mass is 829 g/mol. The molecule has 0 radical (unpaired) electrons. The van der Waals surface area contributed by atoms with Crippen LogP contribution in [0.3, 0.4) is 0 Å². The van der Waals surface area contributed by atoms with Crippen molar-refractivity contribution in [1.82, 2.24) is 31.9 Å². The number of hydrogen-bond donors (Lipinski definition) is 12. The van der Waals surface area contributed by atoms with E-state index in [-0.39, 0.29) is 50.3 Å². The topological polar surface area (TPSA) is 353 Å². The lowest BCUT2D eigenvalue weighted by atomic mass is 10.0.